The largest absolute Gasteiger partial charge is 0.441 e. The van der Waals surface area contributed by atoms with Gasteiger partial charge in [0.1, 0.15) is 6.54 Å². The van der Waals surface area contributed by atoms with Crippen molar-refractivity contribution in [3.63, 3.8) is 0 Å². The molecule has 0 unspecified atom stereocenters. The van der Waals surface area contributed by atoms with Crippen molar-refractivity contribution in [1.29, 1.82) is 0 Å². The van der Waals surface area contributed by atoms with Gasteiger partial charge in [-0.1, -0.05) is 0 Å². The lowest BCUT2D eigenvalue weighted by Crippen LogP contribution is -2.39. The summed E-state index contributed by atoms with van der Waals surface area (Å²) in [5.41, 5.74) is -4.27. The number of alkyl halides is 3. The second-order valence-corrected chi connectivity index (χ2v) is 5.33. The van der Waals surface area contributed by atoms with Crippen LogP contribution in [0.3, 0.4) is 0 Å². The van der Waals surface area contributed by atoms with E-state index >= 15 is 0 Å². The van der Waals surface area contributed by atoms with Gasteiger partial charge in [0.25, 0.3) is 0 Å². The molecule has 1 saturated heterocycles. The van der Waals surface area contributed by atoms with Crippen molar-refractivity contribution in [1.82, 2.24) is 10.2 Å². The van der Waals surface area contributed by atoms with Crippen molar-refractivity contribution in [3.05, 3.63) is 0 Å². The summed E-state index contributed by atoms with van der Waals surface area (Å²) in [6.45, 7) is -0.138. The molecule has 17 heavy (non-hydrogen) atoms. The lowest BCUT2D eigenvalue weighted by Gasteiger charge is -2.14. The number of carbonyl (C=O) groups is 2. The average Bonchev–Trinajstić information content (AvgIpc) is 2.58. The zero-order valence-corrected chi connectivity index (χ0v) is 10.4. The molecule has 0 bridgehead atoms. The summed E-state index contributed by atoms with van der Waals surface area (Å²) in [6, 6.07) is 0. The minimum atomic E-state index is -4.27. The van der Waals surface area contributed by atoms with Crippen molar-refractivity contribution < 1.29 is 22.8 Å². The molecule has 0 radical (unpaired) electrons. The molecular weight excluding hydrogens is 277 g/mol. The number of hydrogen-bond acceptors (Lipinski definition) is 4. The first-order valence-corrected chi connectivity index (χ1v) is 6.85. The second-order valence-electron chi connectivity index (χ2n) is 3.21. The number of hydrogen-bond donors (Lipinski definition) is 1. The fraction of sp³-hybridized carbons (Fsp3) is 0.750. The van der Waals surface area contributed by atoms with E-state index in [1.54, 1.807) is 0 Å². The van der Waals surface area contributed by atoms with Gasteiger partial charge in [-0.2, -0.15) is 13.2 Å². The van der Waals surface area contributed by atoms with Crippen LogP contribution < -0.4 is 5.32 Å². The van der Waals surface area contributed by atoms with Gasteiger partial charge >= 0.3 is 5.51 Å². The fourth-order valence-electron chi connectivity index (χ4n) is 1.13. The fourth-order valence-corrected chi connectivity index (χ4v) is 2.47. The van der Waals surface area contributed by atoms with E-state index in [1.165, 1.54) is 16.7 Å². The molecule has 0 aromatic carbocycles. The van der Waals surface area contributed by atoms with E-state index in [4.69, 9.17) is 0 Å². The number of carbonyl (C=O) groups excluding carboxylic acids is 2. The van der Waals surface area contributed by atoms with Gasteiger partial charge in [0.2, 0.25) is 11.8 Å². The van der Waals surface area contributed by atoms with Crippen molar-refractivity contribution in [3.8, 4) is 0 Å². The number of halogens is 3. The maximum atomic E-state index is 11.8. The van der Waals surface area contributed by atoms with E-state index in [9.17, 15) is 22.8 Å². The van der Waals surface area contributed by atoms with E-state index < -0.39 is 11.4 Å². The first-order valence-electron chi connectivity index (χ1n) is 4.71. The van der Waals surface area contributed by atoms with Crippen LogP contribution in [-0.2, 0) is 9.59 Å². The van der Waals surface area contributed by atoms with Crippen LogP contribution in [0, 0.1) is 0 Å². The Labute approximate surface area is 105 Å². The number of nitrogens with one attached hydrogen (secondary N) is 1. The highest BCUT2D eigenvalue weighted by molar-refractivity contribution is 8.00. The Morgan fingerprint density at radius 3 is 2.76 bits per heavy atom. The van der Waals surface area contributed by atoms with Crippen LogP contribution in [0.25, 0.3) is 0 Å². The number of rotatable bonds is 5. The third-order valence-electron chi connectivity index (χ3n) is 1.85. The van der Waals surface area contributed by atoms with Crippen molar-refractivity contribution in [2.45, 2.75) is 5.51 Å². The monoisotopic (exact) mass is 288 g/mol. The Balaban J connectivity index is 2.11. The highest BCUT2D eigenvalue weighted by Crippen LogP contribution is 2.29. The second kappa shape index (κ2) is 6.39. The van der Waals surface area contributed by atoms with Crippen molar-refractivity contribution in [2.75, 3.05) is 30.5 Å². The molecule has 2 amide bonds. The van der Waals surface area contributed by atoms with Gasteiger partial charge in [-0.05, 0) is 11.8 Å². The summed E-state index contributed by atoms with van der Waals surface area (Å²) in [5, 5.41) is 2.34. The van der Waals surface area contributed by atoms with E-state index in [0.717, 1.165) is 0 Å². The molecule has 0 atom stereocenters. The summed E-state index contributed by atoms with van der Waals surface area (Å²) >= 11 is 1.23. The molecule has 9 heteroatoms. The lowest BCUT2D eigenvalue weighted by molar-refractivity contribution is -0.132. The zero-order valence-electron chi connectivity index (χ0n) is 8.75. The van der Waals surface area contributed by atoms with Gasteiger partial charge in [-0.25, -0.2) is 0 Å². The molecule has 0 saturated carbocycles. The predicted molar refractivity (Wildman–Crippen MR) is 60.6 cm³/mol. The van der Waals surface area contributed by atoms with Crippen LogP contribution in [-0.4, -0.2) is 52.7 Å². The van der Waals surface area contributed by atoms with Crippen LogP contribution in [0.1, 0.15) is 0 Å². The van der Waals surface area contributed by atoms with Gasteiger partial charge in [-0.3, -0.25) is 9.59 Å². The molecule has 1 heterocycles. The zero-order chi connectivity index (χ0) is 12.9. The lowest BCUT2D eigenvalue weighted by atomic mass is 10.5. The Bertz CT molecular complexity index is 299. The molecule has 1 aliphatic heterocycles. The Kier molecular flexibility index (Phi) is 5.44. The number of nitrogens with zero attached hydrogens (tertiary/aromatic N) is 1. The normalized spacial score (nSPS) is 16.4. The predicted octanol–water partition coefficient (Wildman–Crippen LogP) is 0.889. The Hall–Kier alpha value is -0.570. The molecule has 1 fully saturated rings. The smallest absolute Gasteiger partial charge is 0.354 e. The van der Waals surface area contributed by atoms with E-state index in [2.05, 4.69) is 5.32 Å². The SMILES string of the molecule is O=C(CN1CSCC1=O)NCCSC(F)(F)F. The van der Waals surface area contributed by atoms with Crippen LogP contribution in [0.2, 0.25) is 0 Å². The highest BCUT2D eigenvalue weighted by atomic mass is 32.2. The molecule has 0 aromatic rings. The summed E-state index contributed by atoms with van der Waals surface area (Å²) in [4.78, 5) is 23.8. The molecule has 98 valence electrons. The summed E-state index contributed by atoms with van der Waals surface area (Å²) in [6.07, 6.45) is 0. The summed E-state index contributed by atoms with van der Waals surface area (Å²) in [5.74, 6) is 0.0528. The molecule has 1 aliphatic rings. The van der Waals surface area contributed by atoms with Crippen LogP contribution in [0.4, 0.5) is 13.2 Å². The third kappa shape index (κ3) is 6.06. The standard InChI is InChI=1S/C8H11F3N2O2S2/c9-8(10,11)17-2-1-12-6(14)3-13-5-16-4-7(13)15/h1-5H2,(H,12,14). The summed E-state index contributed by atoms with van der Waals surface area (Å²) in [7, 11) is 0. The molecular formula is C8H11F3N2O2S2. The minimum Gasteiger partial charge on any atom is -0.354 e. The van der Waals surface area contributed by atoms with Crippen molar-refractivity contribution >= 4 is 35.3 Å². The van der Waals surface area contributed by atoms with Crippen LogP contribution in [0.5, 0.6) is 0 Å². The van der Waals surface area contributed by atoms with E-state index in [1.807, 2.05) is 0 Å². The first-order chi connectivity index (χ1) is 7.88. The maximum Gasteiger partial charge on any atom is 0.441 e. The third-order valence-corrected chi connectivity index (χ3v) is 3.53. The Morgan fingerprint density at radius 2 is 2.24 bits per heavy atom. The molecule has 1 rings (SSSR count). The maximum absolute atomic E-state index is 11.8. The minimum absolute atomic E-state index is 0.0574. The van der Waals surface area contributed by atoms with Gasteiger partial charge in [0.05, 0.1) is 11.6 Å². The molecule has 0 spiro atoms. The highest BCUT2D eigenvalue weighted by Gasteiger charge is 2.27. The van der Waals surface area contributed by atoms with E-state index in [0.29, 0.717) is 11.6 Å². The number of thioether (sulfide) groups is 2. The van der Waals surface area contributed by atoms with E-state index in [-0.39, 0.29) is 36.5 Å². The Morgan fingerprint density at radius 1 is 1.53 bits per heavy atom. The molecule has 0 aromatic heterocycles. The van der Waals surface area contributed by atoms with Gasteiger partial charge in [0, 0.05) is 12.3 Å². The molecule has 4 nitrogen and oxygen atoms in total. The van der Waals surface area contributed by atoms with Crippen LogP contribution >= 0.6 is 23.5 Å². The van der Waals surface area contributed by atoms with Crippen LogP contribution in [0.15, 0.2) is 0 Å². The van der Waals surface area contributed by atoms with Crippen molar-refractivity contribution in [2.24, 2.45) is 0 Å². The topological polar surface area (TPSA) is 49.4 Å². The number of amides is 2. The summed E-state index contributed by atoms with van der Waals surface area (Å²) < 4.78 is 35.3. The molecule has 0 aliphatic carbocycles. The average molecular weight is 288 g/mol. The van der Waals surface area contributed by atoms with Gasteiger partial charge < -0.3 is 10.2 Å². The molecule has 1 N–H and O–H groups in total. The van der Waals surface area contributed by atoms with Gasteiger partial charge in [-0.15, -0.1) is 11.8 Å². The first kappa shape index (κ1) is 14.5. The van der Waals surface area contributed by atoms with Gasteiger partial charge in [0.15, 0.2) is 0 Å². The quantitative estimate of drug-likeness (QED) is 0.763.